The number of hydrogen-bond acceptors (Lipinski definition) is 6. The molecule has 0 aliphatic carbocycles. The summed E-state index contributed by atoms with van der Waals surface area (Å²) >= 11 is 0. The van der Waals surface area contributed by atoms with Gasteiger partial charge in [-0.05, 0) is 44.3 Å². The minimum absolute atomic E-state index is 0.0937. The smallest absolute Gasteiger partial charge is 0.481 e. The topological polar surface area (TPSA) is 98.2 Å². The summed E-state index contributed by atoms with van der Waals surface area (Å²) in [6, 6.07) is 11.2. The molecule has 0 spiro atoms. The first-order valence-electron chi connectivity index (χ1n) is 11.0. The Labute approximate surface area is 194 Å². The predicted octanol–water partition coefficient (Wildman–Crippen LogP) is 1.99. The third-order valence-corrected chi connectivity index (χ3v) is 7.04. The van der Waals surface area contributed by atoms with Crippen molar-refractivity contribution >= 4 is 24.5 Å². The molecule has 174 valence electrons. The number of rotatable bonds is 7. The van der Waals surface area contributed by atoms with Gasteiger partial charge in [0, 0.05) is 25.4 Å². The van der Waals surface area contributed by atoms with Crippen molar-refractivity contribution in [1.82, 2.24) is 9.88 Å². The minimum Gasteiger partial charge on any atom is -0.481 e. The Morgan fingerprint density at radius 1 is 1.09 bits per heavy atom. The summed E-state index contributed by atoms with van der Waals surface area (Å²) in [5, 5.41) is 9.01. The summed E-state index contributed by atoms with van der Waals surface area (Å²) in [4.78, 5) is 30.2. The Hall–Kier alpha value is -2.91. The molecule has 2 aromatic rings. The van der Waals surface area contributed by atoms with E-state index in [4.69, 9.17) is 19.2 Å². The van der Waals surface area contributed by atoms with Crippen LogP contribution in [-0.2, 0) is 24.3 Å². The molecule has 1 aromatic carbocycles. The normalized spacial score (nSPS) is 23.4. The highest BCUT2D eigenvalue weighted by molar-refractivity contribution is 6.62. The fourth-order valence-corrected chi connectivity index (χ4v) is 4.27. The molecule has 4 rings (SSSR count). The molecule has 8 nitrogen and oxygen atoms in total. The van der Waals surface area contributed by atoms with Crippen LogP contribution in [0.2, 0.25) is 0 Å². The van der Waals surface area contributed by atoms with E-state index in [2.05, 4.69) is 4.98 Å². The van der Waals surface area contributed by atoms with Crippen LogP contribution >= 0.6 is 0 Å². The molecule has 9 heteroatoms. The van der Waals surface area contributed by atoms with Crippen molar-refractivity contribution in [2.45, 2.75) is 50.7 Å². The van der Waals surface area contributed by atoms with E-state index < -0.39 is 29.7 Å². The first-order valence-corrected chi connectivity index (χ1v) is 11.0. The van der Waals surface area contributed by atoms with Gasteiger partial charge in [-0.25, -0.2) is 4.98 Å². The molecule has 0 bridgehead atoms. The van der Waals surface area contributed by atoms with Crippen LogP contribution in [0.5, 0.6) is 5.88 Å². The molecular weight excluding hydrogens is 423 g/mol. The Kier molecular flexibility index (Phi) is 5.74. The van der Waals surface area contributed by atoms with Gasteiger partial charge in [0.05, 0.1) is 24.7 Å². The van der Waals surface area contributed by atoms with Gasteiger partial charge in [-0.2, -0.15) is 0 Å². The maximum absolute atomic E-state index is 13.4. The van der Waals surface area contributed by atoms with Crippen molar-refractivity contribution < 1.29 is 28.7 Å². The van der Waals surface area contributed by atoms with Crippen molar-refractivity contribution in [2.75, 3.05) is 20.2 Å². The van der Waals surface area contributed by atoms with Gasteiger partial charge in [-0.1, -0.05) is 30.3 Å². The minimum atomic E-state index is -0.932. The van der Waals surface area contributed by atoms with Crippen molar-refractivity contribution in [3.8, 4) is 5.88 Å². The monoisotopic (exact) mass is 452 g/mol. The van der Waals surface area contributed by atoms with Gasteiger partial charge in [0.15, 0.2) is 0 Å². The molecular formula is C24H29BN2O6. The van der Waals surface area contributed by atoms with Crippen LogP contribution in [0.1, 0.15) is 45.2 Å². The maximum Gasteiger partial charge on any atom is 0.494 e. The van der Waals surface area contributed by atoms with Gasteiger partial charge < -0.3 is 24.1 Å². The molecule has 2 saturated heterocycles. The summed E-state index contributed by atoms with van der Waals surface area (Å²) in [6.07, 6.45) is 1.55. The lowest BCUT2D eigenvalue weighted by Crippen LogP contribution is -2.65. The zero-order valence-corrected chi connectivity index (χ0v) is 19.6. The summed E-state index contributed by atoms with van der Waals surface area (Å²) in [6.45, 7) is 8.57. The van der Waals surface area contributed by atoms with E-state index in [1.54, 1.807) is 17.2 Å². The molecule has 0 unspecified atom stereocenters. The standard InChI is InChI=1S/C24H29BN2O6/c1-22(2)23(3,4)33-25(32-22)18-9-6-16(7-10-18)24(17-8-11-19(31-5)26-14-17)15-27(21(24)30)13-12-20(28)29/h6-11,14H,12-13,15H2,1-5H3,(H,28,29)/t24-/m0/s1. The molecule has 0 radical (unpaired) electrons. The first kappa shape index (κ1) is 23.3. The largest absolute Gasteiger partial charge is 0.494 e. The zero-order chi connectivity index (χ0) is 24.0. The maximum atomic E-state index is 13.4. The van der Waals surface area contributed by atoms with E-state index in [-0.39, 0.29) is 18.9 Å². The third kappa shape index (κ3) is 3.89. The molecule has 1 atom stereocenters. The number of aromatic nitrogens is 1. The number of pyridine rings is 1. The van der Waals surface area contributed by atoms with Gasteiger partial charge in [0.2, 0.25) is 11.8 Å². The van der Waals surface area contributed by atoms with Crippen LogP contribution in [0, 0.1) is 0 Å². The number of β-lactam (4-membered cyclic amide) rings is 1. The van der Waals surface area contributed by atoms with Gasteiger partial charge in [0.1, 0.15) is 5.41 Å². The fourth-order valence-electron chi connectivity index (χ4n) is 4.27. The Morgan fingerprint density at radius 2 is 1.70 bits per heavy atom. The average molecular weight is 452 g/mol. The number of aliphatic carboxylic acids is 1. The van der Waals surface area contributed by atoms with Gasteiger partial charge >= 0.3 is 13.1 Å². The number of carboxylic acid groups (broad SMARTS) is 1. The number of ether oxygens (including phenoxy) is 1. The van der Waals surface area contributed by atoms with E-state index in [9.17, 15) is 9.59 Å². The molecule has 2 aliphatic heterocycles. The highest BCUT2D eigenvalue weighted by Crippen LogP contribution is 2.42. The van der Waals surface area contributed by atoms with Crippen molar-refractivity contribution in [3.05, 3.63) is 53.7 Å². The van der Waals surface area contributed by atoms with E-state index in [0.717, 1.165) is 16.6 Å². The number of carboxylic acids is 1. The second kappa shape index (κ2) is 8.15. The molecule has 2 fully saturated rings. The zero-order valence-electron chi connectivity index (χ0n) is 19.6. The van der Waals surface area contributed by atoms with E-state index >= 15 is 0 Å². The van der Waals surface area contributed by atoms with Crippen LogP contribution in [0.25, 0.3) is 0 Å². The van der Waals surface area contributed by atoms with Crippen molar-refractivity contribution in [1.29, 1.82) is 0 Å². The third-order valence-electron chi connectivity index (χ3n) is 7.04. The lowest BCUT2D eigenvalue weighted by molar-refractivity contribution is -0.150. The lowest BCUT2D eigenvalue weighted by atomic mass is 9.67. The molecule has 1 aromatic heterocycles. The number of hydrogen-bond donors (Lipinski definition) is 1. The summed E-state index contributed by atoms with van der Waals surface area (Å²) in [5.41, 5.74) is 0.609. The van der Waals surface area contributed by atoms with Gasteiger partial charge in [-0.15, -0.1) is 0 Å². The molecule has 3 heterocycles. The Morgan fingerprint density at radius 3 is 2.18 bits per heavy atom. The number of carbonyl (C=O) groups excluding carboxylic acids is 1. The Bertz CT molecular complexity index is 1040. The van der Waals surface area contributed by atoms with Gasteiger partial charge in [0.25, 0.3) is 0 Å². The molecule has 2 aliphatic rings. The van der Waals surface area contributed by atoms with Crippen LogP contribution in [0.15, 0.2) is 42.6 Å². The van der Waals surface area contributed by atoms with E-state index in [0.29, 0.717) is 12.4 Å². The van der Waals surface area contributed by atoms with Gasteiger partial charge in [-0.3, -0.25) is 9.59 Å². The van der Waals surface area contributed by atoms with Crippen LogP contribution < -0.4 is 10.2 Å². The quantitative estimate of drug-likeness (QED) is 0.507. The summed E-state index contributed by atoms with van der Waals surface area (Å²) in [7, 11) is 1.04. The number of benzene rings is 1. The number of nitrogens with zero attached hydrogens (tertiary/aromatic N) is 2. The molecule has 0 saturated carbocycles. The highest BCUT2D eigenvalue weighted by Gasteiger charge is 2.55. The summed E-state index contributed by atoms with van der Waals surface area (Å²) in [5.74, 6) is -0.614. The summed E-state index contributed by atoms with van der Waals surface area (Å²) < 4.78 is 17.4. The Balaban J connectivity index is 1.64. The molecule has 1 N–H and O–H groups in total. The molecule has 33 heavy (non-hydrogen) atoms. The van der Waals surface area contributed by atoms with E-state index in [1.165, 1.54) is 7.11 Å². The number of methoxy groups -OCH3 is 1. The molecule has 1 amide bonds. The van der Waals surface area contributed by atoms with Crippen LogP contribution in [0.4, 0.5) is 0 Å². The number of amides is 1. The van der Waals surface area contributed by atoms with Crippen LogP contribution in [-0.4, -0.2) is 65.4 Å². The van der Waals surface area contributed by atoms with Crippen molar-refractivity contribution in [2.24, 2.45) is 0 Å². The average Bonchev–Trinajstić information content (AvgIpc) is 3.00. The van der Waals surface area contributed by atoms with Crippen molar-refractivity contribution in [3.63, 3.8) is 0 Å². The first-order chi connectivity index (χ1) is 15.5. The van der Waals surface area contributed by atoms with E-state index in [1.807, 2.05) is 58.0 Å². The highest BCUT2D eigenvalue weighted by atomic mass is 16.7. The second-order valence-corrected chi connectivity index (χ2v) is 9.58. The van der Waals surface area contributed by atoms with Crippen LogP contribution in [0.3, 0.4) is 0 Å². The fraction of sp³-hybridized carbons (Fsp3) is 0.458. The SMILES string of the molecule is COc1ccc([C@@]2(c3ccc(B4OC(C)(C)C(C)(C)O4)cc3)CN(CCC(=O)O)C2=O)cn1. The number of likely N-dealkylation sites (tertiary alicyclic amines) is 1. The second-order valence-electron chi connectivity index (χ2n) is 9.58. The number of carbonyl (C=O) groups is 2. The lowest BCUT2D eigenvalue weighted by Gasteiger charge is -2.49. The predicted molar refractivity (Wildman–Crippen MR) is 123 cm³/mol.